The number of amides is 1. The summed E-state index contributed by atoms with van der Waals surface area (Å²) in [7, 11) is 0. The van der Waals surface area contributed by atoms with Gasteiger partial charge in [-0.15, -0.1) is 11.8 Å². The lowest BCUT2D eigenvalue weighted by atomic mass is 9.81. The molecule has 0 atom stereocenters. The third-order valence-electron chi connectivity index (χ3n) is 3.81. The number of aliphatic carboxylic acids is 1. The molecule has 0 heterocycles. The van der Waals surface area contributed by atoms with Crippen molar-refractivity contribution < 1.29 is 14.7 Å². The Morgan fingerprint density at radius 3 is 2.35 bits per heavy atom. The number of para-hydroxylation sites is 1. The second-order valence-corrected chi connectivity index (χ2v) is 5.92. The molecule has 1 aliphatic carbocycles. The van der Waals surface area contributed by atoms with Gasteiger partial charge in [-0.3, -0.25) is 9.59 Å². The first kappa shape index (κ1) is 14.9. The second kappa shape index (κ2) is 6.79. The van der Waals surface area contributed by atoms with E-state index in [2.05, 4.69) is 5.32 Å². The number of carbonyl (C=O) groups excluding carboxylic acids is 1. The summed E-state index contributed by atoms with van der Waals surface area (Å²) >= 11 is 1.60. The lowest BCUT2D eigenvalue weighted by Crippen LogP contribution is -2.29. The van der Waals surface area contributed by atoms with Crippen molar-refractivity contribution in [3.8, 4) is 0 Å². The number of anilines is 1. The number of hydrogen-bond donors (Lipinski definition) is 2. The van der Waals surface area contributed by atoms with Crippen molar-refractivity contribution in [2.75, 3.05) is 11.6 Å². The zero-order valence-corrected chi connectivity index (χ0v) is 12.3. The minimum absolute atomic E-state index is 0.00957. The molecule has 2 rings (SSSR count). The van der Waals surface area contributed by atoms with Crippen molar-refractivity contribution in [3.05, 3.63) is 24.3 Å². The van der Waals surface area contributed by atoms with Gasteiger partial charge in [0, 0.05) is 10.8 Å². The summed E-state index contributed by atoms with van der Waals surface area (Å²) in [6.45, 7) is 0. The zero-order chi connectivity index (χ0) is 14.5. The molecule has 1 aliphatic rings. The molecular formula is C15H19NO3S. The van der Waals surface area contributed by atoms with Gasteiger partial charge in [-0.2, -0.15) is 0 Å². The number of carboxylic acid groups (broad SMARTS) is 1. The van der Waals surface area contributed by atoms with E-state index in [4.69, 9.17) is 5.11 Å². The molecule has 1 saturated carbocycles. The molecule has 1 amide bonds. The Kier molecular flexibility index (Phi) is 5.06. The van der Waals surface area contributed by atoms with Crippen molar-refractivity contribution in [2.45, 2.75) is 30.6 Å². The Morgan fingerprint density at radius 1 is 1.15 bits per heavy atom. The third kappa shape index (κ3) is 3.54. The fourth-order valence-electron chi connectivity index (χ4n) is 2.59. The van der Waals surface area contributed by atoms with Crippen LogP contribution in [0.2, 0.25) is 0 Å². The first-order chi connectivity index (χ1) is 9.61. The quantitative estimate of drug-likeness (QED) is 0.836. The molecule has 1 aromatic carbocycles. The summed E-state index contributed by atoms with van der Waals surface area (Å²) in [6, 6.07) is 7.71. The van der Waals surface area contributed by atoms with Gasteiger partial charge in [-0.25, -0.2) is 0 Å². The summed E-state index contributed by atoms with van der Waals surface area (Å²) in [5.41, 5.74) is 0.838. The maximum atomic E-state index is 12.2. The van der Waals surface area contributed by atoms with E-state index in [1.54, 1.807) is 11.8 Å². The van der Waals surface area contributed by atoms with Crippen molar-refractivity contribution >= 4 is 29.3 Å². The topological polar surface area (TPSA) is 66.4 Å². The van der Waals surface area contributed by atoms with E-state index in [1.165, 1.54) is 0 Å². The summed E-state index contributed by atoms with van der Waals surface area (Å²) in [5, 5.41) is 11.9. The zero-order valence-electron chi connectivity index (χ0n) is 11.5. The Hall–Kier alpha value is -1.49. The van der Waals surface area contributed by atoms with E-state index in [0.717, 1.165) is 10.6 Å². The maximum Gasteiger partial charge on any atom is 0.306 e. The fraction of sp³-hybridized carbons (Fsp3) is 0.467. The minimum Gasteiger partial charge on any atom is -0.481 e. The highest BCUT2D eigenvalue weighted by Gasteiger charge is 2.29. The number of carbonyl (C=O) groups is 2. The van der Waals surface area contributed by atoms with Crippen LogP contribution >= 0.6 is 11.8 Å². The van der Waals surface area contributed by atoms with Crippen LogP contribution in [0.1, 0.15) is 25.7 Å². The predicted molar refractivity (Wildman–Crippen MR) is 79.9 cm³/mol. The highest BCUT2D eigenvalue weighted by molar-refractivity contribution is 7.98. The lowest BCUT2D eigenvalue weighted by Gasteiger charge is -2.25. The number of nitrogens with one attached hydrogen (secondary N) is 1. The van der Waals surface area contributed by atoms with Crippen LogP contribution in [0.25, 0.3) is 0 Å². The molecule has 0 radical (unpaired) electrons. The number of hydrogen-bond acceptors (Lipinski definition) is 3. The standard InChI is InChI=1S/C15H19NO3S/c1-20-13-5-3-2-4-12(13)16-14(17)10-6-8-11(9-7-10)15(18)19/h2-5,10-11H,6-9H2,1H3,(H,16,17)(H,18,19). The van der Waals surface area contributed by atoms with Gasteiger partial charge in [-0.1, -0.05) is 12.1 Å². The molecule has 0 spiro atoms. The Bertz CT molecular complexity index is 496. The van der Waals surface area contributed by atoms with Gasteiger partial charge in [0.1, 0.15) is 0 Å². The molecule has 1 aromatic rings. The van der Waals surface area contributed by atoms with Crippen LogP contribution in [0.4, 0.5) is 5.69 Å². The highest BCUT2D eigenvalue weighted by atomic mass is 32.2. The van der Waals surface area contributed by atoms with Gasteiger partial charge < -0.3 is 10.4 Å². The van der Waals surface area contributed by atoms with Gasteiger partial charge >= 0.3 is 5.97 Å². The van der Waals surface area contributed by atoms with Gasteiger partial charge in [0.05, 0.1) is 11.6 Å². The van der Waals surface area contributed by atoms with Gasteiger partial charge in [-0.05, 0) is 44.1 Å². The van der Waals surface area contributed by atoms with Crippen molar-refractivity contribution in [1.29, 1.82) is 0 Å². The predicted octanol–water partition coefficient (Wildman–Crippen LogP) is 3.24. The number of benzene rings is 1. The van der Waals surface area contributed by atoms with Crippen LogP contribution in [0.15, 0.2) is 29.2 Å². The van der Waals surface area contributed by atoms with Crippen molar-refractivity contribution in [1.82, 2.24) is 0 Å². The molecule has 0 bridgehead atoms. The number of carboxylic acids is 1. The van der Waals surface area contributed by atoms with Crippen molar-refractivity contribution in [3.63, 3.8) is 0 Å². The van der Waals surface area contributed by atoms with E-state index < -0.39 is 5.97 Å². The first-order valence-corrected chi connectivity index (χ1v) is 8.01. The lowest BCUT2D eigenvalue weighted by molar-refractivity contribution is -0.143. The largest absolute Gasteiger partial charge is 0.481 e. The van der Waals surface area contributed by atoms with Crippen LogP contribution in [0.5, 0.6) is 0 Å². The Balaban J connectivity index is 1.94. The molecule has 4 nitrogen and oxygen atoms in total. The smallest absolute Gasteiger partial charge is 0.306 e. The molecule has 20 heavy (non-hydrogen) atoms. The molecule has 5 heteroatoms. The van der Waals surface area contributed by atoms with Crippen molar-refractivity contribution in [2.24, 2.45) is 11.8 Å². The molecule has 1 fully saturated rings. The van der Waals surface area contributed by atoms with Gasteiger partial charge in [0.25, 0.3) is 0 Å². The van der Waals surface area contributed by atoms with E-state index in [-0.39, 0.29) is 17.7 Å². The number of rotatable bonds is 4. The average molecular weight is 293 g/mol. The number of thioether (sulfide) groups is 1. The van der Waals surface area contributed by atoms with E-state index in [1.807, 2.05) is 30.5 Å². The molecule has 0 saturated heterocycles. The highest BCUT2D eigenvalue weighted by Crippen LogP contribution is 2.31. The molecule has 0 aromatic heterocycles. The minimum atomic E-state index is -0.739. The van der Waals surface area contributed by atoms with Gasteiger partial charge in [0.15, 0.2) is 0 Å². The summed E-state index contributed by atoms with van der Waals surface area (Å²) in [5.74, 6) is -1.08. The van der Waals surface area contributed by atoms with E-state index in [9.17, 15) is 9.59 Å². The molecule has 2 N–H and O–H groups in total. The SMILES string of the molecule is CSc1ccccc1NC(=O)C1CCC(C(=O)O)CC1. The van der Waals surface area contributed by atoms with Crippen LogP contribution in [-0.2, 0) is 9.59 Å². The van der Waals surface area contributed by atoms with E-state index in [0.29, 0.717) is 25.7 Å². The molecule has 0 unspecified atom stereocenters. The third-order valence-corrected chi connectivity index (χ3v) is 4.61. The fourth-order valence-corrected chi connectivity index (χ4v) is 3.14. The summed E-state index contributed by atoms with van der Waals surface area (Å²) < 4.78 is 0. The summed E-state index contributed by atoms with van der Waals surface area (Å²) in [6.07, 6.45) is 4.48. The summed E-state index contributed by atoms with van der Waals surface area (Å²) in [4.78, 5) is 24.2. The average Bonchev–Trinajstić information content (AvgIpc) is 2.48. The maximum absolute atomic E-state index is 12.2. The van der Waals surface area contributed by atoms with Crippen LogP contribution in [-0.4, -0.2) is 23.2 Å². The molecule has 0 aliphatic heterocycles. The second-order valence-electron chi connectivity index (χ2n) is 5.08. The van der Waals surface area contributed by atoms with Crippen LogP contribution in [0.3, 0.4) is 0 Å². The van der Waals surface area contributed by atoms with Crippen LogP contribution < -0.4 is 5.32 Å². The Morgan fingerprint density at radius 2 is 1.75 bits per heavy atom. The Labute approximate surface area is 123 Å². The van der Waals surface area contributed by atoms with Crippen LogP contribution in [0, 0.1) is 11.8 Å². The monoisotopic (exact) mass is 293 g/mol. The first-order valence-electron chi connectivity index (χ1n) is 6.78. The molecular weight excluding hydrogens is 274 g/mol. The normalized spacial score (nSPS) is 22.2. The van der Waals surface area contributed by atoms with Gasteiger partial charge in [0.2, 0.25) is 5.91 Å². The van der Waals surface area contributed by atoms with E-state index >= 15 is 0 Å². The molecule has 108 valence electrons.